The van der Waals surface area contributed by atoms with Crippen LogP contribution in [0, 0.1) is 17.2 Å². The van der Waals surface area contributed by atoms with Gasteiger partial charge in [0, 0.05) is 11.6 Å². The largest absolute Gasteiger partial charge is 0.369 e. The molecule has 0 fully saturated rings. The molecule has 0 saturated heterocycles. The predicted molar refractivity (Wildman–Crippen MR) is 90.8 cm³/mol. The SMILES string of the molecule is CC(=O)C1C(C)=NC(SCC(N)=O)=C(C#N)[C@H]1c1ccccc1. The third kappa shape index (κ3) is 3.69. The van der Waals surface area contributed by atoms with Crippen LogP contribution in [0.25, 0.3) is 0 Å². The van der Waals surface area contributed by atoms with Gasteiger partial charge >= 0.3 is 0 Å². The maximum Gasteiger partial charge on any atom is 0.227 e. The van der Waals surface area contributed by atoms with E-state index in [4.69, 9.17) is 5.73 Å². The normalized spacial score (nSPS) is 20.7. The molecule has 0 radical (unpaired) electrons. The number of nitriles is 1. The maximum atomic E-state index is 12.1. The van der Waals surface area contributed by atoms with Crippen molar-refractivity contribution >= 4 is 29.2 Å². The minimum atomic E-state index is -0.474. The van der Waals surface area contributed by atoms with Gasteiger partial charge in [0.25, 0.3) is 0 Å². The summed E-state index contributed by atoms with van der Waals surface area (Å²) >= 11 is 1.14. The molecule has 1 aliphatic rings. The van der Waals surface area contributed by atoms with E-state index in [1.54, 1.807) is 6.92 Å². The van der Waals surface area contributed by atoms with Crippen LogP contribution in [0.4, 0.5) is 0 Å². The average Bonchev–Trinajstić information content (AvgIpc) is 2.52. The summed E-state index contributed by atoms with van der Waals surface area (Å²) < 4.78 is 0. The van der Waals surface area contributed by atoms with Gasteiger partial charge in [0.1, 0.15) is 10.8 Å². The van der Waals surface area contributed by atoms with Gasteiger partial charge < -0.3 is 5.73 Å². The molecule has 6 heteroatoms. The number of carbonyl (C=O) groups excluding carboxylic acids is 2. The number of carbonyl (C=O) groups is 2. The zero-order valence-corrected chi connectivity index (χ0v) is 13.8. The Labute approximate surface area is 139 Å². The van der Waals surface area contributed by atoms with Gasteiger partial charge in [-0.15, -0.1) is 0 Å². The topological polar surface area (TPSA) is 96.3 Å². The number of hydrogen-bond donors (Lipinski definition) is 1. The summed E-state index contributed by atoms with van der Waals surface area (Å²) in [7, 11) is 0. The maximum absolute atomic E-state index is 12.1. The monoisotopic (exact) mass is 327 g/mol. The summed E-state index contributed by atoms with van der Waals surface area (Å²) in [6.07, 6.45) is 0. The molecule has 0 spiro atoms. The van der Waals surface area contributed by atoms with Crippen molar-refractivity contribution < 1.29 is 9.59 Å². The minimum absolute atomic E-state index is 0.0354. The Hall–Kier alpha value is -2.39. The predicted octanol–water partition coefficient (Wildman–Crippen LogP) is 2.40. The van der Waals surface area contributed by atoms with Crippen molar-refractivity contribution in [3.63, 3.8) is 0 Å². The Balaban J connectivity index is 2.56. The molecule has 2 rings (SSSR count). The van der Waals surface area contributed by atoms with Crippen molar-refractivity contribution in [2.45, 2.75) is 19.8 Å². The first-order chi connectivity index (χ1) is 11.0. The summed E-state index contributed by atoms with van der Waals surface area (Å²) in [5, 5.41) is 10.1. The standard InChI is InChI=1S/C17H17N3O2S/c1-10-15(11(2)21)16(12-6-4-3-5-7-12)13(8-18)17(20-10)23-9-14(19)22/h3-7,15-16H,9H2,1-2H3,(H2,19,22)/t15?,16-/m1/s1. The molecule has 5 nitrogen and oxygen atoms in total. The number of nitrogens with two attached hydrogens (primary N) is 1. The van der Waals surface area contributed by atoms with E-state index in [9.17, 15) is 14.9 Å². The highest BCUT2D eigenvalue weighted by atomic mass is 32.2. The number of thioether (sulfide) groups is 1. The fourth-order valence-corrected chi connectivity index (χ4v) is 3.56. The number of primary amides is 1. The van der Waals surface area contributed by atoms with Crippen molar-refractivity contribution in [1.29, 1.82) is 5.26 Å². The Kier molecular flexibility index (Phi) is 5.35. The van der Waals surface area contributed by atoms with Crippen LogP contribution in [0.1, 0.15) is 25.3 Å². The molecule has 1 aromatic carbocycles. The van der Waals surface area contributed by atoms with E-state index in [-0.39, 0.29) is 17.5 Å². The number of rotatable bonds is 5. The van der Waals surface area contributed by atoms with Crippen LogP contribution >= 0.6 is 11.8 Å². The molecule has 0 aromatic heterocycles. The summed E-state index contributed by atoms with van der Waals surface area (Å²) in [4.78, 5) is 27.6. The number of Topliss-reactive ketones (excluding diaryl/α,β-unsaturated/α-hetero) is 1. The fourth-order valence-electron chi connectivity index (χ4n) is 2.75. The zero-order chi connectivity index (χ0) is 17.0. The Morgan fingerprint density at radius 3 is 2.52 bits per heavy atom. The number of benzene rings is 1. The Morgan fingerprint density at radius 1 is 1.35 bits per heavy atom. The van der Waals surface area contributed by atoms with Crippen molar-refractivity contribution in [3.8, 4) is 6.07 Å². The molecule has 0 bridgehead atoms. The number of hydrogen-bond acceptors (Lipinski definition) is 5. The average molecular weight is 327 g/mol. The molecular formula is C17H17N3O2S. The minimum Gasteiger partial charge on any atom is -0.369 e. The lowest BCUT2D eigenvalue weighted by molar-refractivity contribution is -0.119. The first-order valence-electron chi connectivity index (χ1n) is 7.11. The van der Waals surface area contributed by atoms with Gasteiger partial charge in [-0.2, -0.15) is 5.26 Å². The highest BCUT2D eigenvalue weighted by Gasteiger charge is 2.37. The van der Waals surface area contributed by atoms with Crippen LogP contribution in [-0.4, -0.2) is 23.2 Å². The van der Waals surface area contributed by atoms with Gasteiger partial charge in [-0.3, -0.25) is 9.59 Å². The first kappa shape index (κ1) is 17.0. The highest BCUT2D eigenvalue weighted by molar-refractivity contribution is 8.03. The zero-order valence-electron chi connectivity index (χ0n) is 12.9. The lowest BCUT2D eigenvalue weighted by atomic mass is 9.75. The van der Waals surface area contributed by atoms with Gasteiger partial charge in [0.15, 0.2) is 0 Å². The quantitative estimate of drug-likeness (QED) is 0.898. The molecule has 2 atom stereocenters. The molecule has 1 unspecified atom stereocenters. The van der Waals surface area contributed by atoms with E-state index in [0.29, 0.717) is 16.3 Å². The number of ketones is 1. The molecule has 1 heterocycles. The third-order valence-electron chi connectivity index (χ3n) is 3.67. The highest BCUT2D eigenvalue weighted by Crippen LogP contribution is 2.41. The second-order valence-corrected chi connectivity index (χ2v) is 6.28. The summed E-state index contributed by atoms with van der Waals surface area (Å²) in [5.74, 6) is -1.32. The van der Waals surface area contributed by atoms with E-state index in [1.165, 1.54) is 6.92 Å². The van der Waals surface area contributed by atoms with Crippen molar-refractivity contribution in [3.05, 3.63) is 46.5 Å². The molecule has 23 heavy (non-hydrogen) atoms. The van der Waals surface area contributed by atoms with Crippen LogP contribution in [-0.2, 0) is 9.59 Å². The summed E-state index contributed by atoms with van der Waals surface area (Å²) in [5.41, 5.74) is 7.13. The van der Waals surface area contributed by atoms with Crippen LogP contribution < -0.4 is 5.73 Å². The molecule has 1 amide bonds. The summed E-state index contributed by atoms with van der Waals surface area (Å²) in [6, 6.07) is 11.6. The van der Waals surface area contributed by atoms with E-state index < -0.39 is 11.8 Å². The van der Waals surface area contributed by atoms with Crippen LogP contribution in [0.2, 0.25) is 0 Å². The fraction of sp³-hybridized carbons (Fsp3) is 0.294. The molecule has 0 saturated carbocycles. The van der Waals surface area contributed by atoms with Gasteiger partial charge in [-0.1, -0.05) is 42.1 Å². The first-order valence-corrected chi connectivity index (χ1v) is 8.10. The van der Waals surface area contributed by atoms with Gasteiger partial charge in [-0.05, 0) is 19.4 Å². The molecule has 0 aliphatic carbocycles. The third-order valence-corrected chi connectivity index (χ3v) is 4.68. The Bertz CT molecular complexity index is 732. The molecule has 1 aliphatic heterocycles. The van der Waals surface area contributed by atoms with Gasteiger partial charge in [0.05, 0.1) is 23.3 Å². The van der Waals surface area contributed by atoms with E-state index >= 15 is 0 Å². The van der Waals surface area contributed by atoms with Gasteiger partial charge in [0.2, 0.25) is 5.91 Å². The van der Waals surface area contributed by atoms with Crippen LogP contribution in [0.3, 0.4) is 0 Å². The molecular weight excluding hydrogens is 310 g/mol. The molecule has 118 valence electrons. The number of amides is 1. The van der Waals surface area contributed by atoms with E-state index in [0.717, 1.165) is 17.3 Å². The lowest BCUT2D eigenvalue weighted by Crippen LogP contribution is -2.31. The van der Waals surface area contributed by atoms with E-state index in [2.05, 4.69) is 11.1 Å². The molecule has 2 N–H and O–H groups in total. The second-order valence-electron chi connectivity index (χ2n) is 5.32. The molecule has 1 aromatic rings. The Morgan fingerprint density at radius 2 is 2.00 bits per heavy atom. The van der Waals surface area contributed by atoms with Crippen LogP contribution in [0.5, 0.6) is 0 Å². The van der Waals surface area contributed by atoms with Crippen molar-refractivity contribution in [1.82, 2.24) is 0 Å². The smallest absolute Gasteiger partial charge is 0.227 e. The second kappa shape index (κ2) is 7.25. The number of nitrogens with zero attached hydrogens (tertiary/aromatic N) is 2. The van der Waals surface area contributed by atoms with Crippen molar-refractivity contribution in [2.75, 3.05) is 5.75 Å². The lowest BCUT2D eigenvalue weighted by Gasteiger charge is -2.30. The van der Waals surface area contributed by atoms with E-state index in [1.807, 2.05) is 30.3 Å². The van der Waals surface area contributed by atoms with Crippen molar-refractivity contribution in [2.24, 2.45) is 16.6 Å². The van der Waals surface area contributed by atoms with Crippen LogP contribution in [0.15, 0.2) is 45.9 Å². The number of allylic oxidation sites excluding steroid dienone is 1. The summed E-state index contributed by atoms with van der Waals surface area (Å²) in [6.45, 7) is 3.29. The number of aliphatic imine (C=N–C) groups is 1. The van der Waals surface area contributed by atoms with Gasteiger partial charge in [-0.25, -0.2) is 4.99 Å².